The standard InChI is InChI=1S/C22H23NO4S/c1-14(15-8-6-5-7-9-15)23-22(24)19-13-12-18(28-19)16-10-11-17(25-2)21(27-4)20(16)26-3/h5-14H,1-4H3,(H,23,24). The van der Waals surface area contributed by atoms with Crippen LogP contribution >= 0.6 is 11.3 Å². The second kappa shape index (κ2) is 8.80. The molecule has 0 saturated heterocycles. The Morgan fingerprint density at radius 1 is 0.893 bits per heavy atom. The molecule has 0 radical (unpaired) electrons. The lowest BCUT2D eigenvalue weighted by molar-refractivity contribution is 0.0944. The average molecular weight is 397 g/mol. The predicted molar refractivity (Wildman–Crippen MR) is 112 cm³/mol. The second-order valence-corrected chi connectivity index (χ2v) is 7.24. The van der Waals surface area contributed by atoms with Gasteiger partial charge >= 0.3 is 0 Å². The highest BCUT2D eigenvalue weighted by molar-refractivity contribution is 7.17. The molecule has 0 saturated carbocycles. The summed E-state index contributed by atoms with van der Waals surface area (Å²) >= 11 is 1.41. The second-order valence-electron chi connectivity index (χ2n) is 6.15. The number of hydrogen-bond acceptors (Lipinski definition) is 5. The molecular formula is C22H23NO4S. The number of nitrogens with one attached hydrogen (secondary N) is 1. The summed E-state index contributed by atoms with van der Waals surface area (Å²) in [7, 11) is 4.74. The van der Waals surface area contributed by atoms with Crippen LogP contribution in [-0.4, -0.2) is 27.2 Å². The van der Waals surface area contributed by atoms with Crippen LogP contribution in [0.5, 0.6) is 17.2 Å². The molecule has 3 rings (SSSR count). The highest BCUT2D eigenvalue weighted by Crippen LogP contribution is 2.45. The van der Waals surface area contributed by atoms with E-state index < -0.39 is 0 Å². The van der Waals surface area contributed by atoms with Crippen molar-refractivity contribution in [1.82, 2.24) is 5.32 Å². The summed E-state index contributed by atoms with van der Waals surface area (Å²) in [4.78, 5) is 14.2. The van der Waals surface area contributed by atoms with E-state index in [1.807, 2.05) is 61.5 Å². The number of carbonyl (C=O) groups is 1. The number of ether oxygens (including phenoxy) is 3. The van der Waals surface area contributed by atoms with Gasteiger partial charge in [0.25, 0.3) is 5.91 Å². The van der Waals surface area contributed by atoms with E-state index in [-0.39, 0.29) is 11.9 Å². The lowest BCUT2D eigenvalue weighted by Crippen LogP contribution is -2.25. The SMILES string of the molecule is COc1ccc(-c2ccc(C(=O)NC(C)c3ccccc3)s2)c(OC)c1OC. The molecule has 28 heavy (non-hydrogen) atoms. The van der Waals surface area contributed by atoms with Gasteiger partial charge in [0.15, 0.2) is 11.5 Å². The Bertz CT molecular complexity index is 952. The van der Waals surface area contributed by atoms with Crippen LogP contribution in [0.3, 0.4) is 0 Å². The normalized spacial score (nSPS) is 11.6. The first kappa shape index (κ1) is 19.8. The molecule has 0 fully saturated rings. The number of thiophene rings is 1. The zero-order valence-corrected chi connectivity index (χ0v) is 17.1. The lowest BCUT2D eigenvalue weighted by Gasteiger charge is -2.15. The number of hydrogen-bond donors (Lipinski definition) is 1. The summed E-state index contributed by atoms with van der Waals surface area (Å²) in [6, 6.07) is 17.3. The van der Waals surface area contributed by atoms with Crippen molar-refractivity contribution in [2.45, 2.75) is 13.0 Å². The predicted octanol–water partition coefficient (Wildman–Crippen LogP) is 4.93. The molecule has 1 amide bonds. The van der Waals surface area contributed by atoms with Crippen molar-refractivity contribution in [2.24, 2.45) is 0 Å². The molecule has 0 bridgehead atoms. The molecule has 3 aromatic rings. The molecule has 0 spiro atoms. The Balaban J connectivity index is 1.85. The van der Waals surface area contributed by atoms with E-state index in [0.29, 0.717) is 22.1 Å². The van der Waals surface area contributed by atoms with Gasteiger partial charge in [-0.3, -0.25) is 4.79 Å². The van der Waals surface area contributed by atoms with Gasteiger partial charge < -0.3 is 19.5 Å². The van der Waals surface area contributed by atoms with E-state index in [9.17, 15) is 4.79 Å². The van der Waals surface area contributed by atoms with Gasteiger partial charge in [-0.25, -0.2) is 0 Å². The van der Waals surface area contributed by atoms with Gasteiger partial charge in [-0.2, -0.15) is 0 Å². The maximum absolute atomic E-state index is 12.7. The van der Waals surface area contributed by atoms with Crippen molar-refractivity contribution in [3.63, 3.8) is 0 Å². The van der Waals surface area contributed by atoms with Crippen molar-refractivity contribution >= 4 is 17.2 Å². The van der Waals surface area contributed by atoms with Crippen LogP contribution in [0.15, 0.2) is 54.6 Å². The van der Waals surface area contributed by atoms with E-state index in [2.05, 4.69) is 5.32 Å². The summed E-state index contributed by atoms with van der Waals surface area (Å²) in [6.07, 6.45) is 0. The number of methoxy groups -OCH3 is 3. The summed E-state index contributed by atoms with van der Waals surface area (Å²) in [5.74, 6) is 1.59. The van der Waals surface area contributed by atoms with Crippen LogP contribution in [0.25, 0.3) is 10.4 Å². The Kier molecular flexibility index (Phi) is 6.21. The molecule has 0 aliphatic carbocycles. The number of rotatable bonds is 7. The third-order valence-electron chi connectivity index (χ3n) is 4.45. The van der Waals surface area contributed by atoms with E-state index in [0.717, 1.165) is 16.0 Å². The van der Waals surface area contributed by atoms with Crippen LogP contribution in [-0.2, 0) is 0 Å². The largest absolute Gasteiger partial charge is 0.493 e. The molecule has 1 heterocycles. The zero-order chi connectivity index (χ0) is 20.1. The van der Waals surface area contributed by atoms with Crippen molar-refractivity contribution in [1.29, 1.82) is 0 Å². The fourth-order valence-corrected chi connectivity index (χ4v) is 3.92. The van der Waals surface area contributed by atoms with E-state index in [1.54, 1.807) is 21.3 Å². The molecule has 1 aromatic heterocycles. The molecule has 6 heteroatoms. The molecule has 5 nitrogen and oxygen atoms in total. The molecular weight excluding hydrogens is 374 g/mol. The fraction of sp³-hybridized carbons (Fsp3) is 0.227. The van der Waals surface area contributed by atoms with Gasteiger partial charge in [-0.1, -0.05) is 30.3 Å². The van der Waals surface area contributed by atoms with Gasteiger partial charge in [0.2, 0.25) is 5.75 Å². The van der Waals surface area contributed by atoms with Gasteiger partial charge in [-0.05, 0) is 36.8 Å². The van der Waals surface area contributed by atoms with Gasteiger partial charge in [-0.15, -0.1) is 11.3 Å². The lowest BCUT2D eigenvalue weighted by atomic mass is 10.1. The Labute approximate surface area is 168 Å². The molecule has 1 atom stereocenters. The molecule has 0 aliphatic heterocycles. The topological polar surface area (TPSA) is 56.8 Å². The molecule has 2 aromatic carbocycles. The minimum absolute atomic E-state index is 0.0742. The van der Waals surface area contributed by atoms with Crippen molar-refractivity contribution in [3.05, 3.63) is 65.0 Å². The summed E-state index contributed by atoms with van der Waals surface area (Å²) in [6.45, 7) is 1.97. The maximum Gasteiger partial charge on any atom is 0.261 e. The van der Waals surface area contributed by atoms with E-state index in [1.165, 1.54) is 11.3 Å². The molecule has 1 N–H and O–H groups in total. The first-order valence-electron chi connectivity index (χ1n) is 8.84. The van der Waals surface area contributed by atoms with Gasteiger partial charge in [0, 0.05) is 10.4 Å². The van der Waals surface area contributed by atoms with Crippen molar-refractivity contribution in [3.8, 4) is 27.7 Å². The van der Waals surface area contributed by atoms with Crippen molar-refractivity contribution < 1.29 is 19.0 Å². The third kappa shape index (κ3) is 3.97. The quantitative estimate of drug-likeness (QED) is 0.614. The summed E-state index contributed by atoms with van der Waals surface area (Å²) in [5.41, 5.74) is 1.91. The number of amides is 1. The van der Waals surface area contributed by atoms with Crippen LogP contribution in [0.4, 0.5) is 0 Å². The first-order valence-corrected chi connectivity index (χ1v) is 9.65. The van der Waals surface area contributed by atoms with Gasteiger partial charge in [0.1, 0.15) is 0 Å². The molecule has 146 valence electrons. The zero-order valence-electron chi connectivity index (χ0n) is 16.3. The summed E-state index contributed by atoms with van der Waals surface area (Å²) in [5, 5.41) is 3.04. The van der Waals surface area contributed by atoms with Crippen molar-refractivity contribution in [2.75, 3.05) is 21.3 Å². The van der Waals surface area contributed by atoms with E-state index >= 15 is 0 Å². The van der Waals surface area contributed by atoms with Crippen LogP contribution in [0, 0.1) is 0 Å². The smallest absolute Gasteiger partial charge is 0.261 e. The minimum Gasteiger partial charge on any atom is -0.493 e. The first-order chi connectivity index (χ1) is 13.6. The minimum atomic E-state index is -0.105. The summed E-state index contributed by atoms with van der Waals surface area (Å²) < 4.78 is 16.3. The number of carbonyl (C=O) groups excluding carboxylic acids is 1. The third-order valence-corrected chi connectivity index (χ3v) is 5.56. The van der Waals surface area contributed by atoms with Crippen LogP contribution in [0.2, 0.25) is 0 Å². The van der Waals surface area contributed by atoms with Crippen LogP contribution in [0.1, 0.15) is 28.2 Å². The monoisotopic (exact) mass is 397 g/mol. The maximum atomic E-state index is 12.7. The Morgan fingerprint density at radius 2 is 1.61 bits per heavy atom. The number of benzene rings is 2. The molecule has 0 aliphatic rings. The van der Waals surface area contributed by atoms with Crippen LogP contribution < -0.4 is 19.5 Å². The molecule has 1 unspecified atom stereocenters. The fourth-order valence-electron chi connectivity index (χ4n) is 2.99. The van der Waals surface area contributed by atoms with Gasteiger partial charge in [0.05, 0.1) is 32.2 Å². The van der Waals surface area contributed by atoms with E-state index in [4.69, 9.17) is 14.2 Å². The average Bonchev–Trinajstić information content (AvgIpc) is 3.23. The highest BCUT2D eigenvalue weighted by atomic mass is 32.1. The Hall–Kier alpha value is -2.99. The highest BCUT2D eigenvalue weighted by Gasteiger charge is 2.20. The Morgan fingerprint density at radius 3 is 2.25 bits per heavy atom.